The molecule has 0 atom stereocenters. The molecule has 0 aromatic heterocycles. The van der Waals surface area contributed by atoms with Crippen molar-refractivity contribution in [3.05, 3.63) is 29.3 Å². The first kappa shape index (κ1) is 15.5. The first-order valence-corrected chi connectivity index (χ1v) is 7.51. The normalized spacial score (nSPS) is 14.3. The van der Waals surface area contributed by atoms with Gasteiger partial charge < -0.3 is 16.0 Å². The Kier molecular flexibility index (Phi) is 5.33. The van der Waals surface area contributed by atoms with Crippen molar-refractivity contribution in [1.29, 1.82) is 0 Å². The quantitative estimate of drug-likeness (QED) is 0.869. The van der Waals surface area contributed by atoms with Gasteiger partial charge in [0, 0.05) is 30.8 Å². The van der Waals surface area contributed by atoms with Crippen molar-refractivity contribution < 1.29 is 9.59 Å². The van der Waals surface area contributed by atoms with Gasteiger partial charge in [-0.25, -0.2) is 0 Å². The molecule has 3 N–H and O–H groups in total. The molecule has 114 valence electrons. The van der Waals surface area contributed by atoms with Crippen LogP contribution in [-0.4, -0.2) is 36.3 Å². The highest BCUT2D eigenvalue weighted by atomic mass is 16.2. The van der Waals surface area contributed by atoms with Crippen LogP contribution in [0.2, 0.25) is 0 Å². The van der Waals surface area contributed by atoms with Gasteiger partial charge in [-0.2, -0.15) is 0 Å². The van der Waals surface area contributed by atoms with E-state index in [1.165, 1.54) is 0 Å². The lowest BCUT2D eigenvalue weighted by Crippen LogP contribution is -2.27. The molecule has 1 saturated heterocycles. The zero-order valence-electron chi connectivity index (χ0n) is 12.5. The van der Waals surface area contributed by atoms with E-state index in [-0.39, 0.29) is 11.8 Å². The van der Waals surface area contributed by atoms with Gasteiger partial charge in [0.2, 0.25) is 5.91 Å². The Hall–Kier alpha value is -1.88. The number of likely N-dealkylation sites (tertiary alicyclic amines) is 1. The summed E-state index contributed by atoms with van der Waals surface area (Å²) in [5, 5.41) is 2.86. The monoisotopic (exact) mass is 289 g/mol. The van der Waals surface area contributed by atoms with Crippen molar-refractivity contribution in [2.75, 3.05) is 25.0 Å². The molecule has 0 radical (unpaired) electrons. The summed E-state index contributed by atoms with van der Waals surface area (Å²) in [6.45, 7) is 4.10. The summed E-state index contributed by atoms with van der Waals surface area (Å²) < 4.78 is 0. The fourth-order valence-corrected chi connectivity index (χ4v) is 2.52. The Morgan fingerprint density at radius 2 is 2.00 bits per heavy atom. The van der Waals surface area contributed by atoms with E-state index in [0.717, 1.165) is 37.2 Å². The van der Waals surface area contributed by atoms with E-state index >= 15 is 0 Å². The maximum Gasteiger partial charge on any atom is 0.253 e. The second-order valence-electron chi connectivity index (χ2n) is 5.47. The standard InChI is InChI=1S/C16H23N3O2/c1-12-11-13(16(21)19-9-2-3-10-19)6-7-14(12)18-15(20)5-4-8-17/h6-7,11H,2-5,8-10,17H2,1H3,(H,18,20). The molecular formula is C16H23N3O2. The Morgan fingerprint density at radius 3 is 2.62 bits per heavy atom. The van der Waals surface area contributed by atoms with Gasteiger partial charge in [-0.15, -0.1) is 0 Å². The van der Waals surface area contributed by atoms with E-state index < -0.39 is 0 Å². The van der Waals surface area contributed by atoms with Crippen molar-refractivity contribution >= 4 is 17.5 Å². The smallest absolute Gasteiger partial charge is 0.253 e. The molecule has 2 rings (SSSR count). The topological polar surface area (TPSA) is 75.4 Å². The molecule has 1 aliphatic heterocycles. The molecule has 0 unspecified atom stereocenters. The summed E-state index contributed by atoms with van der Waals surface area (Å²) in [4.78, 5) is 25.9. The Labute approximate surface area is 125 Å². The third-order valence-electron chi connectivity index (χ3n) is 3.75. The summed E-state index contributed by atoms with van der Waals surface area (Å²) in [6, 6.07) is 5.43. The van der Waals surface area contributed by atoms with E-state index in [1.807, 2.05) is 17.9 Å². The van der Waals surface area contributed by atoms with Crippen LogP contribution in [0.25, 0.3) is 0 Å². The average molecular weight is 289 g/mol. The van der Waals surface area contributed by atoms with Crippen LogP contribution in [0.5, 0.6) is 0 Å². The number of anilines is 1. The lowest BCUT2D eigenvalue weighted by atomic mass is 10.1. The van der Waals surface area contributed by atoms with Crippen LogP contribution >= 0.6 is 0 Å². The van der Waals surface area contributed by atoms with Gasteiger partial charge in [0.15, 0.2) is 0 Å². The van der Waals surface area contributed by atoms with Crippen LogP contribution in [0, 0.1) is 6.92 Å². The third kappa shape index (κ3) is 4.04. The molecule has 21 heavy (non-hydrogen) atoms. The van der Waals surface area contributed by atoms with E-state index in [0.29, 0.717) is 24.9 Å². The predicted molar refractivity (Wildman–Crippen MR) is 83.2 cm³/mol. The van der Waals surface area contributed by atoms with Crippen LogP contribution in [0.1, 0.15) is 41.6 Å². The molecule has 0 saturated carbocycles. The summed E-state index contributed by atoms with van der Waals surface area (Å²) in [5.41, 5.74) is 7.74. The van der Waals surface area contributed by atoms with E-state index in [4.69, 9.17) is 5.73 Å². The summed E-state index contributed by atoms with van der Waals surface area (Å²) in [5.74, 6) is 0.0405. The number of hydrogen-bond acceptors (Lipinski definition) is 3. The number of aryl methyl sites for hydroxylation is 1. The van der Waals surface area contributed by atoms with Crippen LogP contribution in [0.15, 0.2) is 18.2 Å². The number of amides is 2. The molecule has 0 spiro atoms. The molecule has 0 aliphatic carbocycles. The van der Waals surface area contributed by atoms with E-state index in [2.05, 4.69) is 5.32 Å². The van der Waals surface area contributed by atoms with Crippen LogP contribution in [0.3, 0.4) is 0 Å². The Balaban J connectivity index is 2.03. The minimum Gasteiger partial charge on any atom is -0.339 e. The van der Waals surface area contributed by atoms with Gasteiger partial charge >= 0.3 is 0 Å². The zero-order valence-corrected chi connectivity index (χ0v) is 12.5. The van der Waals surface area contributed by atoms with Crippen LogP contribution in [0.4, 0.5) is 5.69 Å². The van der Waals surface area contributed by atoms with Gasteiger partial charge in [-0.05, 0) is 56.5 Å². The molecule has 1 aromatic carbocycles. The fourth-order valence-electron chi connectivity index (χ4n) is 2.52. The highest BCUT2D eigenvalue weighted by Gasteiger charge is 2.19. The van der Waals surface area contributed by atoms with Crippen LogP contribution in [-0.2, 0) is 4.79 Å². The summed E-state index contributed by atoms with van der Waals surface area (Å²) >= 11 is 0. The van der Waals surface area contributed by atoms with E-state index in [9.17, 15) is 9.59 Å². The average Bonchev–Trinajstić information content (AvgIpc) is 3.00. The summed E-state index contributed by atoms with van der Waals surface area (Å²) in [7, 11) is 0. The highest BCUT2D eigenvalue weighted by molar-refractivity contribution is 5.96. The fraction of sp³-hybridized carbons (Fsp3) is 0.500. The molecule has 1 aromatic rings. The molecular weight excluding hydrogens is 266 g/mol. The number of nitrogens with one attached hydrogen (secondary N) is 1. The Bertz CT molecular complexity index is 522. The maximum atomic E-state index is 12.3. The number of benzene rings is 1. The minimum absolute atomic E-state index is 0.0397. The molecule has 5 nitrogen and oxygen atoms in total. The van der Waals surface area contributed by atoms with Crippen molar-refractivity contribution in [1.82, 2.24) is 4.90 Å². The van der Waals surface area contributed by atoms with Gasteiger partial charge in [-0.1, -0.05) is 0 Å². The molecule has 1 fully saturated rings. The first-order valence-electron chi connectivity index (χ1n) is 7.51. The number of carbonyl (C=O) groups is 2. The van der Waals surface area contributed by atoms with Gasteiger partial charge in [-0.3, -0.25) is 9.59 Å². The maximum absolute atomic E-state index is 12.3. The Morgan fingerprint density at radius 1 is 1.29 bits per heavy atom. The molecule has 2 amide bonds. The second-order valence-corrected chi connectivity index (χ2v) is 5.47. The molecule has 5 heteroatoms. The third-order valence-corrected chi connectivity index (χ3v) is 3.75. The lowest BCUT2D eigenvalue weighted by Gasteiger charge is -2.16. The summed E-state index contributed by atoms with van der Waals surface area (Å²) in [6.07, 6.45) is 3.26. The largest absolute Gasteiger partial charge is 0.339 e. The van der Waals surface area contributed by atoms with Crippen molar-refractivity contribution in [3.8, 4) is 0 Å². The molecule has 1 heterocycles. The van der Waals surface area contributed by atoms with Gasteiger partial charge in [0.25, 0.3) is 5.91 Å². The number of hydrogen-bond donors (Lipinski definition) is 2. The van der Waals surface area contributed by atoms with Crippen molar-refractivity contribution in [2.24, 2.45) is 5.73 Å². The minimum atomic E-state index is -0.0397. The molecule has 1 aliphatic rings. The lowest BCUT2D eigenvalue weighted by molar-refractivity contribution is -0.116. The number of nitrogens with two attached hydrogens (primary N) is 1. The second kappa shape index (κ2) is 7.22. The number of carbonyl (C=O) groups excluding carboxylic acids is 2. The number of rotatable bonds is 5. The van der Waals surface area contributed by atoms with Gasteiger partial charge in [0.05, 0.1) is 0 Å². The van der Waals surface area contributed by atoms with Gasteiger partial charge in [0.1, 0.15) is 0 Å². The van der Waals surface area contributed by atoms with E-state index in [1.54, 1.807) is 12.1 Å². The zero-order chi connectivity index (χ0) is 15.2. The van der Waals surface area contributed by atoms with Crippen molar-refractivity contribution in [3.63, 3.8) is 0 Å². The van der Waals surface area contributed by atoms with Crippen LogP contribution < -0.4 is 11.1 Å². The highest BCUT2D eigenvalue weighted by Crippen LogP contribution is 2.19. The SMILES string of the molecule is Cc1cc(C(=O)N2CCCC2)ccc1NC(=O)CCCN. The number of nitrogens with zero attached hydrogens (tertiary/aromatic N) is 1. The molecule has 0 bridgehead atoms. The first-order chi connectivity index (χ1) is 10.1. The van der Waals surface area contributed by atoms with Crippen molar-refractivity contribution in [2.45, 2.75) is 32.6 Å². The predicted octanol–water partition coefficient (Wildman–Crippen LogP) is 1.91.